The van der Waals surface area contributed by atoms with Crippen LogP contribution in [0.4, 0.5) is 0 Å². The topological polar surface area (TPSA) is 0 Å². The van der Waals surface area contributed by atoms with Crippen LogP contribution in [0.15, 0.2) is 109 Å². The molecule has 0 bridgehead atoms. The third-order valence-corrected chi connectivity index (χ3v) is 5.35. The van der Waals surface area contributed by atoms with E-state index in [0.717, 1.165) is 6.42 Å². The van der Waals surface area contributed by atoms with Gasteiger partial charge >= 0.3 is 21.7 Å². The van der Waals surface area contributed by atoms with Crippen molar-refractivity contribution in [2.24, 2.45) is 0 Å². The average Bonchev–Trinajstić information content (AvgIpc) is 3.18. The molecular formula is C26H23Cl3Ti. The van der Waals surface area contributed by atoms with Gasteiger partial charge in [-0.15, -0.1) is 5.56 Å². The van der Waals surface area contributed by atoms with E-state index >= 15 is 0 Å². The summed E-state index contributed by atoms with van der Waals surface area (Å²) in [6.07, 6.45) is 0.973. The van der Waals surface area contributed by atoms with E-state index in [9.17, 15) is 0 Å². The molecule has 0 aliphatic rings. The van der Waals surface area contributed by atoms with Gasteiger partial charge in [-0.05, 0) is 16.5 Å². The number of halogens is 3. The summed E-state index contributed by atoms with van der Waals surface area (Å²) in [6, 6.07) is 39.2. The molecule has 0 spiro atoms. The Kier molecular flexibility index (Phi) is 12.5. The van der Waals surface area contributed by atoms with Crippen LogP contribution < -0.4 is 37.2 Å². The summed E-state index contributed by atoms with van der Waals surface area (Å²) in [5.41, 5.74) is 6.55. The van der Waals surface area contributed by atoms with Gasteiger partial charge in [-0.1, -0.05) is 110 Å². The zero-order chi connectivity index (χ0) is 17.8. The molecule has 0 aliphatic heterocycles. The second-order valence-electron chi connectivity index (χ2n) is 7.03. The van der Waals surface area contributed by atoms with Gasteiger partial charge in [0.25, 0.3) is 0 Å². The van der Waals surface area contributed by atoms with Crippen molar-refractivity contribution in [2.75, 3.05) is 0 Å². The molecule has 4 heteroatoms. The van der Waals surface area contributed by atoms with Crippen LogP contribution in [-0.4, -0.2) is 0 Å². The minimum absolute atomic E-state index is 0. The van der Waals surface area contributed by atoms with Crippen molar-refractivity contribution in [3.63, 3.8) is 0 Å². The van der Waals surface area contributed by atoms with Crippen LogP contribution in [0, 0.1) is 0 Å². The second kappa shape index (κ2) is 13.1. The summed E-state index contributed by atoms with van der Waals surface area (Å²) in [5.74, 6) is 0. The van der Waals surface area contributed by atoms with E-state index in [0.29, 0.717) is 0 Å². The van der Waals surface area contributed by atoms with Crippen LogP contribution in [0.1, 0.15) is 34.7 Å². The fourth-order valence-corrected chi connectivity index (χ4v) is 3.79. The summed E-state index contributed by atoms with van der Waals surface area (Å²) in [6.45, 7) is 2.33. The van der Waals surface area contributed by atoms with E-state index in [-0.39, 0.29) is 64.4 Å². The van der Waals surface area contributed by atoms with Crippen molar-refractivity contribution in [1.82, 2.24) is 0 Å². The third kappa shape index (κ3) is 6.07. The van der Waals surface area contributed by atoms with Crippen LogP contribution in [-0.2, 0) is 33.6 Å². The minimum atomic E-state index is -0.155. The summed E-state index contributed by atoms with van der Waals surface area (Å²) in [5, 5.41) is 0. The first kappa shape index (κ1) is 28.6. The van der Waals surface area contributed by atoms with Gasteiger partial charge in [0.2, 0.25) is 0 Å². The Hall–Kier alpha value is -1.41. The Morgan fingerprint density at radius 3 is 1.50 bits per heavy atom. The van der Waals surface area contributed by atoms with E-state index in [1.165, 1.54) is 27.8 Å². The molecule has 0 atom stereocenters. The van der Waals surface area contributed by atoms with Crippen molar-refractivity contribution in [3.8, 4) is 0 Å². The van der Waals surface area contributed by atoms with Crippen molar-refractivity contribution in [2.45, 2.75) is 18.8 Å². The Balaban J connectivity index is 0.00000210. The maximum atomic E-state index is 2.37. The minimum Gasteiger partial charge on any atom is -1.00 e. The molecule has 4 aromatic carbocycles. The van der Waals surface area contributed by atoms with Gasteiger partial charge in [-0.25, -0.2) is 6.07 Å². The molecule has 0 heterocycles. The molecule has 0 saturated carbocycles. The first-order valence-electron chi connectivity index (χ1n) is 9.18. The number of hydrogen-bond acceptors (Lipinski definition) is 0. The second-order valence-corrected chi connectivity index (χ2v) is 7.03. The molecule has 0 saturated heterocycles. The van der Waals surface area contributed by atoms with Gasteiger partial charge in [0, 0.05) is 0 Å². The van der Waals surface area contributed by atoms with Crippen LogP contribution in [0.3, 0.4) is 0 Å². The van der Waals surface area contributed by atoms with Crippen molar-refractivity contribution < 1.29 is 58.9 Å². The average molecular weight is 490 g/mol. The van der Waals surface area contributed by atoms with Crippen molar-refractivity contribution in [1.29, 1.82) is 0 Å². The van der Waals surface area contributed by atoms with Gasteiger partial charge in [0.1, 0.15) is 0 Å². The number of hydrogen-bond donors (Lipinski definition) is 0. The van der Waals surface area contributed by atoms with E-state index in [1.54, 1.807) is 0 Å². The molecular weight excluding hydrogens is 467 g/mol. The normalized spacial score (nSPS) is 9.90. The largest absolute Gasteiger partial charge is 4.00 e. The molecule has 4 aromatic rings. The van der Waals surface area contributed by atoms with Gasteiger partial charge in [-0.3, -0.25) is 0 Å². The smallest absolute Gasteiger partial charge is 1.00 e. The summed E-state index contributed by atoms with van der Waals surface area (Å²) < 4.78 is 0. The summed E-state index contributed by atoms with van der Waals surface area (Å²) in [4.78, 5) is 0. The molecule has 4 rings (SSSR count). The first-order chi connectivity index (χ1) is 12.8. The molecule has 0 nitrogen and oxygen atoms in total. The van der Waals surface area contributed by atoms with E-state index in [2.05, 4.69) is 116 Å². The van der Waals surface area contributed by atoms with Gasteiger partial charge in [0.05, 0.1) is 0 Å². The summed E-state index contributed by atoms with van der Waals surface area (Å²) >= 11 is 0. The quantitative estimate of drug-likeness (QED) is 0.213. The van der Waals surface area contributed by atoms with E-state index < -0.39 is 0 Å². The predicted molar refractivity (Wildman–Crippen MR) is 110 cm³/mol. The SMILES string of the molecule is CC(c1ccccc1)(c1ccccc1)[c-]1ccc(Cc2ccccc2)c1.[Cl-].[Cl-].[Cl-].[Ti+4]. The molecule has 0 aliphatic carbocycles. The third-order valence-electron chi connectivity index (χ3n) is 5.35. The van der Waals surface area contributed by atoms with Crippen LogP contribution in [0.25, 0.3) is 0 Å². The van der Waals surface area contributed by atoms with E-state index in [1.807, 2.05) is 0 Å². The van der Waals surface area contributed by atoms with Gasteiger partial charge < -0.3 is 37.2 Å². The first-order valence-corrected chi connectivity index (χ1v) is 9.18. The van der Waals surface area contributed by atoms with Crippen molar-refractivity contribution in [3.05, 3.63) is 137 Å². The monoisotopic (exact) mass is 488 g/mol. The maximum absolute atomic E-state index is 2.37. The Bertz CT molecular complexity index is 927. The van der Waals surface area contributed by atoms with Crippen LogP contribution >= 0.6 is 0 Å². The molecule has 30 heavy (non-hydrogen) atoms. The standard InChI is InChI=1S/C26H23.3ClH.Ti/c1-26(23-13-7-3-8-14-23,24-15-9-4-10-16-24)25-18-17-22(20-25)19-21-11-5-2-6-12-21;;;;/h2-18,20H,19H2,1H3;3*1H;/q-1;;;;+4/p-3. The van der Waals surface area contributed by atoms with Gasteiger partial charge in [-0.2, -0.15) is 17.7 Å². The van der Waals surface area contributed by atoms with Crippen LogP contribution in [0.2, 0.25) is 0 Å². The Labute approximate surface area is 213 Å². The predicted octanol–water partition coefficient (Wildman–Crippen LogP) is -2.64. The molecule has 0 amide bonds. The molecule has 152 valence electrons. The van der Waals surface area contributed by atoms with Gasteiger partial charge in [0.15, 0.2) is 0 Å². The van der Waals surface area contributed by atoms with Crippen molar-refractivity contribution >= 4 is 0 Å². The molecule has 0 radical (unpaired) electrons. The maximum Gasteiger partial charge on any atom is 4.00 e. The molecule has 0 fully saturated rings. The molecule has 0 aromatic heterocycles. The molecule has 0 N–H and O–H groups in total. The zero-order valence-corrected chi connectivity index (χ0v) is 20.6. The van der Waals surface area contributed by atoms with Crippen LogP contribution in [0.5, 0.6) is 0 Å². The fourth-order valence-electron chi connectivity index (χ4n) is 3.79. The number of rotatable bonds is 5. The van der Waals surface area contributed by atoms with E-state index in [4.69, 9.17) is 0 Å². The summed E-state index contributed by atoms with van der Waals surface area (Å²) in [7, 11) is 0. The zero-order valence-electron chi connectivity index (χ0n) is 16.7. The Morgan fingerprint density at radius 1 is 0.600 bits per heavy atom. The molecule has 0 unspecified atom stereocenters. The Morgan fingerprint density at radius 2 is 1.03 bits per heavy atom. The number of benzene rings is 3. The fraction of sp³-hybridized carbons (Fsp3) is 0.115.